The number of hydrogen-bond acceptors (Lipinski definition) is 5. The summed E-state index contributed by atoms with van der Waals surface area (Å²) in [6.45, 7) is 0. The van der Waals surface area contributed by atoms with Crippen molar-refractivity contribution in [1.82, 2.24) is 15.6 Å². The first kappa shape index (κ1) is 20.2. The second-order valence-corrected chi connectivity index (χ2v) is 6.70. The van der Waals surface area contributed by atoms with Crippen molar-refractivity contribution in [3.05, 3.63) is 96.3 Å². The Morgan fingerprint density at radius 2 is 1.55 bits per heavy atom. The number of rotatable bonds is 8. The molecule has 2 aromatic rings. The quantitative estimate of drug-likeness (QED) is 0.634. The predicted molar refractivity (Wildman–Crippen MR) is 110 cm³/mol. The minimum absolute atomic E-state index is 0.149. The number of carbonyl (C=O) groups excluding carboxylic acids is 1. The Bertz CT molecular complexity index is 883. The van der Waals surface area contributed by atoms with Crippen molar-refractivity contribution in [1.29, 1.82) is 0 Å². The first-order valence-corrected chi connectivity index (χ1v) is 9.34. The van der Waals surface area contributed by atoms with Crippen LogP contribution in [-0.2, 0) is 22.4 Å². The molecule has 2 atom stereocenters. The molecule has 7 nitrogen and oxygen atoms in total. The molecular weight excluding hydrogens is 368 g/mol. The highest BCUT2D eigenvalue weighted by Gasteiger charge is 2.36. The molecule has 0 unspecified atom stereocenters. The van der Waals surface area contributed by atoms with Gasteiger partial charge in [0.15, 0.2) is 6.04 Å². The van der Waals surface area contributed by atoms with Crippen LogP contribution >= 0.6 is 0 Å². The Morgan fingerprint density at radius 3 is 2.07 bits per heavy atom. The van der Waals surface area contributed by atoms with Crippen molar-refractivity contribution in [3.63, 3.8) is 0 Å². The third kappa shape index (κ3) is 5.24. The summed E-state index contributed by atoms with van der Waals surface area (Å²) < 4.78 is 0. The lowest BCUT2D eigenvalue weighted by Gasteiger charge is -2.39. The maximum Gasteiger partial charge on any atom is 0.328 e. The average Bonchev–Trinajstić information content (AvgIpc) is 2.75. The summed E-state index contributed by atoms with van der Waals surface area (Å²) >= 11 is 0. The molecule has 0 radical (unpaired) electrons. The van der Waals surface area contributed by atoms with Gasteiger partial charge >= 0.3 is 5.97 Å². The number of hydrazine groups is 2. The fraction of sp³-hybridized carbons (Fsp3) is 0.182. The topological polar surface area (TPSA) is 98.9 Å². The smallest absolute Gasteiger partial charge is 0.328 e. The normalized spacial score (nSPS) is 14.7. The van der Waals surface area contributed by atoms with Crippen LogP contribution in [0.5, 0.6) is 0 Å². The Labute approximate surface area is 169 Å². The zero-order valence-electron chi connectivity index (χ0n) is 15.9. The fourth-order valence-corrected chi connectivity index (χ4v) is 3.13. The van der Waals surface area contributed by atoms with Gasteiger partial charge in [0, 0.05) is 18.8 Å². The van der Waals surface area contributed by atoms with Crippen LogP contribution in [0, 0.1) is 0 Å². The predicted octanol–water partition coefficient (Wildman–Crippen LogP) is 1.84. The van der Waals surface area contributed by atoms with Crippen molar-refractivity contribution in [2.45, 2.75) is 24.9 Å². The minimum Gasteiger partial charge on any atom is -0.480 e. The van der Waals surface area contributed by atoms with E-state index >= 15 is 0 Å². The molecule has 7 heteroatoms. The van der Waals surface area contributed by atoms with Crippen LogP contribution in [0.3, 0.4) is 0 Å². The molecule has 3 rings (SSSR count). The van der Waals surface area contributed by atoms with Gasteiger partial charge in [-0.3, -0.25) is 10.2 Å². The minimum atomic E-state index is -1.13. The number of aliphatic carboxylic acids is 1. The van der Waals surface area contributed by atoms with Crippen molar-refractivity contribution < 1.29 is 14.7 Å². The number of amides is 1. The van der Waals surface area contributed by atoms with E-state index in [1.54, 1.807) is 24.6 Å². The molecule has 150 valence electrons. The van der Waals surface area contributed by atoms with Crippen molar-refractivity contribution in [2.75, 3.05) is 0 Å². The molecule has 0 aromatic heterocycles. The molecule has 1 amide bonds. The van der Waals surface area contributed by atoms with Crippen LogP contribution in [0.1, 0.15) is 11.1 Å². The molecular formula is C22H24N4O3. The Balaban J connectivity index is 1.87. The summed E-state index contributed by atoms with van der Waals surface area (Å²) in [5.41, 5.74) is 10.8. The Hall–Kier alpha value is -3.58. The first-order valence-electron chi connectivity index (χ1n) is 9.34. The SMILES string of the molecule is N[C@@H](Cc1ccccc1)C(=O)N([C@@H](Cc1ccccc1)C(=O)O)N1C=CC=CN1. The van der Waals surface area contributed by atoms with Crippen LogP contribution in [0.15, 0.2) is 85.2 Å². The second-order valence-electron chi connectivity index (χ2n) is 6.70. The summed E-state index contributed by atoms with van der Waals surface area (Å²) in [5, 5.41) is 12.5. The van der Waals surface area contributed by atoms with Gasteiger partial charge in [0.25, 0.3) is 5.91 Å². The van der Waals surface area contributed by atoms with Gasteiger partial charge in [-0.2, -0.15) is 5.12 Å². The molecule has 0 saturated carbocycles. The number of hydrogen-bond donors (Lipinski definition) is 3. The van der Waals surface area contributed by atoms with E-state index in [1.807, 2.05) is 60.7 Å². The van der Waals surface area contributed by atoms with Gasteiger partial charge < -0.3 is 10.8 Å². The number of nitrogens with one attached hydrogen (secondary N) is 1. The molecule has 1 heterocycles. The third-order valence-electron chi connectivity index (χ3n) is 4.57. The molecule has 0 spiro atoms. The van der Waals surface area contributed by atoms with E-state index in [9.17, 15) is 14.7 Å². The average molecular weight is 392 g/mol. The highest BCUT2D eigenvalue weighted by molar-refractivity contribution is 5.87. The van der Waals surface area contributed by atoms with Crippen molar-refractivity contribution >= 4 is 11.9 Å². The number of carboxylic acids is 1. The third-order valence-corrected chi connectivity index (χ3v) is 4.57. The summed E-state index contributed by atoms with van der Waals surface area (Å²) in [6, 6.07) is 16.6. The van der Waals surface area contributed by atoms with Gasteiger partial charge in [0.2, 0.25) is 0 Å². The number of benzene rings is 2. The largest absolute Gasteiger partial charge is 0.480 e. The van der Waals surface area contributed by atoms with Gasteiger partial charge in [-0.15, -0.1) is 0 Å². The standard InChI is InChI=1S/C22H24N4O3/c23-19(15-17-9-3-1-4-10-17)21(27)26(25-14-8-7-13-24-25)20(22(28)29)16-18-11-5-2-6-12-18/h1-14,19-20,24H,15-16,23H2,(H,28,29)/t19-,20-/m0/s1. The van der Waals surface area contributed by atoms with Gasteiger partial charge in [-0.1, -0.05) is 60.7 Å². The van der Waals surface area contributed by atoms with Gasteiger partial charge in [-0.05, 0) is 29.7 Å². The lowest BCUT2D eigenvalue weighted by Crippen LogP contribution is -2.61. The van der Waals surface area contributed by atoms with Crippen molar-refractivity contribution in [3.8, 4) is 0 Å². The monoisotopic (exact) mass is 392 g/mol. The van der Waals surface area contributed by atoms with E-state index in [2.05, 4.69) is 5.43 Å². The Kier molecular flexibility index (Phi) is 6.65. The zero-order chi connectivity index (χ0) is 20.6. The molecule has 1 aliphatic rings. The maximum atomic E-state index is 13.3. The van der Waals surface area contributed by atoms with E-state index < -0.39 is 24.0 Å². The van der Waals surface area contributed by atoms with Crippen LogP contribution in [-0.4, -0.2) is 39.2 Å². The highest BCUT2D eigenvalue weighted by Crippen LogP contribution is 2.16. The van der Waals surface area contributed by atoms with E-state index in [4.69, 9.17) is 5.73 Å². The summed E-state index contributed by atoms with van der Waals surface area (Å²) in [5.74, 6) is -1.59. The number of nitrogens with zero attached hydrogens (tertiary/aromatic N) is 2. The molecule has 29 heavy (non-hydrogen) atoms. The van der Waals surface area contributed by atoms with Crippen LogP contribution < -0.4 is 11.2 Å². The molecule has 0 saturated heterocycles. The highest BCUT2D eigenvalue weighted by atomic mass is 16.4. The number of carbonyl (C=O) groups is 2. The molecule has 0 fully saturated rings. The zero-order valence-corrected chi connectivity index (χ0v) is 15.9. The van der Waals surface area contributed by atoms with Crippen LogP contribution in [0.25, 0.3) is 0 Å². The number of nitrogens with two attached hydrogens (primary N) is 1. The number of carboxylic acid groups (broad SMARTS) is 1. The number of allylic oxidation sites excluding steroid dienone is 2. The lowest BCUT2D eigenvalue weighted by atomic mass is 10.0. The maximum absolute atomic E-state index is 13.3. The molecule has 2 aromatic carbocycles. The lowest BCUT2D eigenvalue weighted by molar-refractivity contribution is -0.168. The fourth-order valence-electron chi connectivity index (χ4n) is 3.13. The van der Waals surface area contributed by atoms with Crippen molar-refractivity contribution in [2.24, 2.45) is 5.73 Å². The molecule has 0 bridgehead atoms. The van der Waals surface area contributed by atoms with E-state index in [-0.39, 0.29) is 6.42 Å². The summed E-state index contributed by atoms with van der Waals surface area (Å²) in [6.07, 6.45) is 7.12. The van der Waals surface area contributed by atoms with E-state index in [0.717, 1.165) is 11.1 Å². The van der Waals surface area contributed by atoms with Gasteiger partial charge in [0.05, 0.1) is 6.04 Å². The second kappa shape index (κ2) is 9.57. The van der Waals surface area contributed by atoms with Crippen LogP contribution in [0.4, 0.5) is 0 Å². The van der Waals surface area contributed by atoms with Gasteiger partial charge in [-0.25, -0.2) is 9.80 Å². The van der Waals surface area contributed by atoms with Crippen LogP contribution in [0.2, 0.25) is 0 Å². The Morgan fingerprint density at radius 1 is 0.966 bits per heavy atom. The molecule has 0 aliphatic carbocycles. The first-order chi connectivity index (χ1) is 14.1. The molecule has 1 aliphatic heterocycles. The van der Waals surface area contributed by atoms with Gasteiger partial charge in [0.1, 0.15) is 0 Å². The van der Waals surface area contributed by atoms with E-state index in [0.29, 0.717) is 6.42 Å². The van der Waals surface area contributed by atoms with E-state index in [1.165, 1.54) is 10.1 Å². The summed E-state index contributed by atoms with van der Waals surface area (Å²) in [4.78, 5) is 25.4. The molecule has 4 N–H and O–H groups in total. The summed E-state index contributed by atoms with van der Waals surface area (Å²) in [7, 11) is 0.